The van der Waals surface area contributed by atoms with Crippen molar-refractivity contribution in [1.29, 1.82) is 0 Å². The molecule has 55 heavy (non-hydrogen) atoms. The molecule has 1 atom stereocenters. The van der Waals surface area contributed by atoms with Gasteiger partial charge in [0.2, 0.25) is 16.0 Å². The van der Waals surface area contributed by atoms with Crippen molar-refractivity contribution in [3.63, 3.8) is 0 Å². The first-order valence-electron chi connectivity index (χ1n) is 17.7. The van der Waals surface area contributed by atoms with Crippen LogP contribution in [0.1, 0.15) is 50.8 Å². The zero-order valence-electron chi connectivity index (χ0n) is 31.5. The fraction of sp³-hybridized carbons (Fsp3) is 0.405. The fourth-order valence-corrected chi connectivity index (χ4v) is 7.81. The summed E-state index contributed by atoms with van der Waals surface area (Å²) in [5.41, 5.74) is 2.36. The summed E-state index contributed by atoms with van der Waals surface area (Å²) in [6.07, 6.45) is 1.90. The first-order chi connectivity index (χ1) is 25.8. The van der Waals surface area contributed by atoms with E-state index in [0.717, 1.165) is 5.56 Å². The third kappa shape index (κ3) is 12.2. The highest BCUT2D eigenvalue weighted by atomic mass is 32.2. The third-order valence-electron chi connectivity index (χ3n) is 9.37. The molecule has 3 aromatic carbocycles. The summed E-state index contributed by atoms with van der Waals surface area (Å²) in [6.45, 7) is 7.38. The Morgan fingerprint density at radius 1 is 1.00 bits per heavy atom. The summed E-state index contributed by atoms with van der Waals surface area (Å²) in [5.74, 6) is 0.773. The minimum atomic E-state index is -4.77. The summed E-state index contributed by atoms with van der Waals surface area (Å²) in [4.78, 5) is 27.1. The molecule has 18 heteroatoms. The van der Waals surface area contributed by atoms with E-state index in [2.05, 4.69) is 37.5 Å². The van der Waals surface area contributed by atoms with Gasteiger partial charge in [-0.25, -0.2) is 26.9 Å². The molecule has 1 fully saturated rings. The van der Waals surface area contributed by atoms with E-state index in [-0.39, 0.29) is 28.8 Å². The summed E-state index contributed by atoms with van der Waals surface area (Å²) in [6, 6.07) is 19.0. The van der Waals surface area contributed by atoms with Gasteiger partial charge in [-0.1, -0.05) is 6.07 Å². The van der Waals surface area contributed by atoms with Crippen molar-refractivity contribution in [1.82, 2.24) is 19.6 Å². The first-order valence-corrected chi connectivity index (χ1v) is 20.7. The normalized spacial score (nSPS) is 18.5. The second-order valence-corrected chi connectivity index (χ2v) is 18.2. The van der Waals surface area contributed by atoms with E-state index in [1.807, 2.05) is 26.8 Å². The molecular weight excluding hydrogens is 752 g/mol. The lowest BCUT2D eigenvalue weighted by Crippen LogP contribution is -2.53. The molecule has 6 N–H and O–H groups in total. The van der Waals surface area contributed by atoms with Crippen LogP contribution in [0, 0.1) is 5.82 Å². The number of quaternary nitrogens is 1. The number of aliphatic hydroxyl groups is 1. The number of hydrogen-bond donors (Lipinski definition) is 6. The van der Waals surface area contributed by atoms with E-state index < -0.39 is 30.7 Å². The molecule has 1 aromatic heterocycles. The number of aliphatic hydroxyl groups excluding tert-OH is 1. The van der Waals surface area contributed by atoms with Crippen LogP contribution in [0.5, 0.6) is 5.75 Å². The van der Waals surface area contributed by atoms with Gasteiger partial charge in [0.1, 0.15) is 23.9 Å². The van der Waals surface area contributed by atoms with Crippen LogP contribution in [0.2, 0.25) is 0 Å². The zero-order valence-corrected chi connectivity index (χ0v) is 33.2. The van der Waals surface area contributed by atoms with Crippen LogP contribution in [0.15, 0.2) is 83.9 Å². The molecule has 0 spiro atoms. The lowest BCUT2D eigenvalue weighted by Gasteiger charge is -2.42. The number of halogens is 1. The van der Waals surface area contributed by atoms with Crippen molar-refractivity contribution >= 4 is 41.0 Å². The lowest BCUT2D eigenvalue weighted by molar-refractivity contribution is -0.927. The van der Waals surface area contributed by atoms with Crippen LogP contribution < -0.4 is 20.7 Å². The predicted molar refractivity (Wildman–Crippen MR) is 207 cm³/mol. The topological polar surface area (TPSA) is 195 Å². The Balaban J connectivity index is 1.20. The summed E-state index contributed by atoms with van der Waals surface area (Å²) >= 11 is 0. The van der Waals surface area contributed by atoms with Crippen LogP contribution in [0.3, 0.4) is 0 Å². The Labute approximate surface area is 321 Å². The molecule has 0 amide bonds. The lowest BCUT2D eigenvalue weighted by atomic mass is 10.00. The first kappa shape index (κ1) is 42.1. The van der Waals surface area contributed by atoms with Crippen molar-refractivity contribution < 1.29 is 46.0 Å². The Morgan fingerprint density at radius 2 is 1.64 bits per heavy atom. The van der Waals surface area contributed by atoms with Gasteiger partial charge in [-0.2, -0.15) is 9.29 Å². The van der Waals surface area contributed by atoms with E-state index >= 15 is 0 Å². The molecule has 1 saturated heterocycles. The highest BCUT2D eigenvalue weighted by Crippen LogP contribution is 2.37. The molecule has 1 aliphatic heterocycles. The van der Waals surface area contributed by atoms with Gasteiger partial charge in [-0.15, -0.1) is 0 Å². The molecule has 0 saturated carbocycles. The number of likely N-dealkylation sites (tertiary alicyclic amines) is 1. The summed E-state index contributed by atoms with van der Waals surface area (Å²) in [7, 11) is -4.92. The van der Waals surface area contributed by atoms with Gasteiger partial charge in [0.25, 0.3) is 0 Å². The molecule has 2 heterocycles. The number of sulfonamides is 1. The van der Waals surface area contributed by atoms with Gasteiger partial charge in [0.15, 0.2) is 6.79 Å². The maximum absolute atomic E-state index is 13.7. The maximum atomic E-state index is 13.7. The van der Waals surface area contributed by atoms with Crippen molar-refractivity contribution in [2.75, 3.05) is 51.2 Å². The van der Waals surface area contributed by atoms with E-state index in [9.17, 15) is 22.5 Å². The van der Waals surface area contributed by atoms with Gasteiger partial charge in [0, 0.05) is 61.1 Å². The van der Waals surface area contributed by atoms with Crippen LogP contribution in [0.25, 0.3) is 0 Å². The minimum absolute atomic E-state index is 0.148. The number of phosphoric acid groups is 1. The quantitative estimate of drug-likeness (QED) is 0.0480. The smallest absolute Gasteiger partial charge is 0.466 e. The highest BCUT2D eigenvalue weighted by Gasteiger charge is 2.37. The Bertz CT molecular complexity index is 2060. The number of aromatic nitrogens is 2. The van der Waals surface area contributed by atoms with E-state index in [4.69, 9.17) is 14.5 Å². The Hall–Kier alpha value is -4.03. The highest BCUT2D eigenvalue weighted by molar-refractivity contribution is 7.89. The average molecular weight is 803 g/mol. The number of anilines is 4. The van der Waals surface area contributed by atoms with Gasteiger partial charge >= 0.3 is 7.82 Å². The second-order valence-electron chi connectivity index (χ2n) is 14.9. The summed E-state index contributed by atoms with van der Waals surface area (Å²) in [5, 5.41) is 20.3. The number of rotatable bonds is 16. The van der Waals surface area contributed by atoms with E-state index in [1.165, 1.54) is 28.6 Å². The molecule has 15 nitrogen and oxygen atoms in total. The van der Waals surface area contributed by atoms with Crippen LogP contribution in [-0.2, 0) is 25.7 Å². The van der Waals surface area contributed by atoms with Gasteiger partial charge in [0.05, 0.1) is 31.1 Å². The molecule has 1 unspecified atom stereocenters. The molecule has 1 aliphatic rings. The molecule has 0 radical (unpaired) electrons. The second kappa shape index (κ2) is 17.4. The van der Waals surface area contributed by atoms with Crippen molar-refractivity contribution in [3.05, 3.63) is 95.9 Å². The number of phosphoric ester groups is 1. The predicted octanol–water partition coefficient (Wildman–Crippen LogP) is 5.40. The minimum Gasteiger partial charge on any atom is -0.466 e. The summed E-state index contributed by atoms with van der Waals surface area (Å²) < 4.78 is 64.3. The number of ether oxygens (including phenoxy) is 1. The molecular formula is C37H50FN7O8PS+. The Kier molecular flexibility index (Phi) is 13.3. The molecule has 0 bridgehead atoms. The van der Waals surface area contributed by atoms with Gasteiger partial charge in [-0.05, 0) is 93.1 Å². The van der Waals surface area contributed by atoms with Crippen LogP contribution >= 0.6 is 7.82 Å². The number of piperidine rings is 1. The van der Waals surface area contributed by atoms with Gasteiger partial charge in [-0.3, -0.25) is 0 Å². The number of β-amino-alcohol motifs (C(OH)–C–C–N with tert-alkyl or cyclic N) is 1. The number of nitrogens with zero attached hydrogens (tertiary/aromatic N) is 4. The van der Waals surface area contributed by atoms with Gasteiger partial charge < -0.3 is 40.1 Å². The van der Waals surface area contributed by atoms with Crippen LogP contribution in [0.4, 0.5) is 27.5 Å². The van der Waals surface area contributed by atoms with E-state index in [0.29, 0.717) is 71.4 Å². The molecule has 0 aliphatic carbocycles. The third-order valence-corrected chi connectivity index (χ3v) is 11.7. The SMILES string of the molecule is CN(C1CC[N+](C)(Cc2ccc(C(O)CNC(C)(C)C)cc2OCOP(=O)(O)O)CC1)S(=O)(=O)c1ccc(Nc2nccc(Nc3ccc(F)cc3)n2)cc1. The van der Waals surface area contributed by atoms with Crippen molar-refractivity contribution in [2.45, 2.75) is 62.7 Å². The fourth-order valence-electron chi connectivity index (χ4n) is 6.20. The largest absolute Gasteiger partial charge is 0.472 e. The molecule has 5 rings (SSSR count). The number of hydrogen-bond acceptors (Lipinski definition) is 11. The zero-order chi connectivity index (χ0) is 40.0. The maximum Gasteiger partial charge on any atom is 0.472 e. The Morgan fingerprint density at radius 3 is 2.27 bits per heavy atom. The number of benzene rings is 3. The molecule has 298 valence electrons. The monoisotopic (exact) mass is 802 g/mol. The van der Waals surface area contributed by atoms with E-state index in [1.54, 1.807) is 55.7 Å². The van der Waals surface area contributed by atoms with Crippen molar-refractivity contribution in [2.24, 2.45) is 0 Å². The molecule has 4 aromatic rings. The van der Waals surface area contributed by atoms with Crippen LogP contribution in [-0.4, -0.2) is 94.2 Å². The average Bonchev–Trinajstić information content (AvgIpc) is 3.12. The number of nitrogens with one attached hydrogen (secondary N) is 3. The van der Waals surface area contributed by atoms with Crippen molar-refractivity contribution in [3.8, 4) is 5.75 Å². The standard InChI is InChI=1S/C37H49FN7O8PS/c1-37(2,3)40-23-33(46)26-6-7-27(34(22-26)52-25-53-54(47,48)49)24-45(5)20-17-31(18-21-45)44(4)55(50,51)32-14-12-30(13-15-32)42-36-39-19-16-35(43-36)41-29-10-8-28(38)9-11-29/h6-16,19,22,31,33,40,46H,17-18,20-21,23-25H2,1-5H3,(H3-,39,41,42,43,47,48,49)/p+1.